The van der Waals surface area contributed by atoms with Crippen molar-refractivity contribution in [1.29, 1.82) is 5.26 Å². The van der Waals surface area contributed by atoms with Crippen LogP contribution >= 0.6 is 11.6 Å². The number of halogens is 3. The maximum Gasteiger partial charge on any atom is 0.144 e. The lowest BCUT2D eigenvalue weighted by Gasteiger charge is -2.07. The maximum absolute atomic E-state index is 13.4. The van der Waals surface area contributed by atoms with E-state index in [0.717, 1.165) is 6.07 Å². The number of ether oxygens (including phenoxy) is 1. The highest BCUT2D eigenvalue weighted by Crippen LogP contribution is 2.25. The van der Waals surface area contributed by atoms with Gasteiger partial charge in [0, 0.05) is 18.0 Å². The summed E-state index contributed by atoms with van der Waals surface area (Å²) in [5.41, 5.74) is 0.485. The second kappa shape index (κ2) is 5.68. The second-order valence-corrected chi connectivity index (χ2v) is 4.05. The van der Waals surface area contributed by atoms with E-state index >= 15 is 0 Å². The van der Waals surface area contributed by atoms with Gasteiger partial charge in [-0.25, -0.2) is 8.78 Å². The summed E-state index contributed by atoms with van der Waals surface area (Å²) in [6.07, 6.45) is 0. The zero-order chi connectivity index (χ0) is 13.8. The molecule has 0 saturated carbocycles. The van der Waals surface area contributed by atoms with E-state index in [0.29, 0.717) is 5.56 Å². The van der Waals surface area contributed by atoms with Crippen molar-refractivity contribution in [3.63, 3.8) is 0 Å². The Hall–Kier alpha value is -2.12. The number of alkyl halides is 1. The van der Waals surface area contributed by atoms with Gasteiger partial charge in [0.25, 0.3) is 0 Å². The summed E-state index contributed by atoms with van der Waals surface area (Å²) in [6, 6.07) is 9.54. The summed E-state index contributed by atoms with van der Waals surface area (Å²) in [7, 11) is 0. The van der Waals surface area contributed by atoms with Crippen LogP contribution in [0.4, 0.5) is 8.78 Å². The molecule has 0 amide bonds. The average Bonchev–Trinajstić information content (AvgIpc) is 2.38. The van der Waals surface area contributed by atoms with Crippen LogP contribution in [0, 0.1) is 23.0 Å². The van der Waals surface area contributed by atoms with Gasteiger partial charge in [0.05, 0.1) is 5.56 Å². The maximum atomic E-state index is 13.4. The van der Waals surface area contributed by atoms with Crippen LogP contribution in [0.3, 0.4) is 0 Å². The lowest BCUT2D eigenvalue weighted by molar-refractivity contribution is 0.470. The highest BCUT2D eigenvalue weighted by molar-refractivity contribution is 6.17. The van der Waals surface area contributed by atoms with E-state index in [1.807, 2.05) is 0 Å². The molecule has 0 saturated heterocycles. The topological polar surface area (TPSA) is 33.0 Å². The smallest absolute Gasteiger partial charge is 0.144 e. The first-order valence-corrected chi connectivity index (χ1v) is 5.89. The molecule has 2 rings (SSSR count). The van der Waals surface area contributed by atoms with Crippen LogP contribution in [0.25, 0.3) is 0 Å². The van der Waals surface area contributed by atoms with Gasteiger partial charge in [-0.05, 0) is 29.8 Å². The zero-order valence-electron chi connectivity index (χ0n) is 9.66. The van der Waals surface area contributed by atoms with Crippen molar-refractivity contribution in [2.24, 2.45) is 0 Å². The van der Waals surface area contributed by atoms with E-state index in [4.69, 9.17) is 21.6 Å². The van der Waals surface area contributed by atoms with E-state index < -0.39 is 11.6 Å². The van der Waals surface area contributed by atoms with Crippen molar-refractivity contribution in [2.45, 2.75) is 5.88 Å². The molecule has 0 aliphatic rings. The van der Waals surface area contributed by atoms with Gasteiger partial charge in [-0.15, -0.1) is 11.6 Å². The number of benzene rings is 2. The molecule has 0 unspecified atom stereocenters. The van der Waals surface area contributed by atoms with Crippen molar-refractivity contribution in [3.05, 3.63) is 59.2 Å². The molecular formula is C14H8ClF2NO. The molecular weight excluding hydrogens is 272 g/mol. The van der Waals surface area contributed by atoms with Gasteiger partial charge >= 0.3 is 0 Å². The van der Waals surface area contributed by atoms with Crippen molar-refractivity contribution >= 4 is 11.6 Å². The molecule has 0 spiro atoms. The van der Waals surface area contributed by atoms with E-state index in [1.54, 1.807) is 12.1 Å². The van der Waals surface area contributed by atoms with Gasteiger partial charge in [-0.2, -0.15) is 5.26 Å². The molecule has 0 heterocycles. The molecule has 0 aliphatic heterocycles. The molecule has 0 N–H and O–H groups in total. The van der Waals surface area contributed by atoms with E-state index in [9.17, 15) is 8.78 Å². The van der Waals surface area contributed by atoms with Crippen LogP contribution in [0.2, 0.25) is 0 Å². The van der Waals surface area contributed by atoms with E-state index in [2.05, 4.69) is 0 Å². The summed E-state index contributed by atoms with van der Waals surface area (Å²) in [5.74, 6) is -0.617. The fourth-order valence-electron chi connectivity index (χ4n) is 1.54. The molecule has 0 atom stereocenters. The molecule has 2 nitrogen and oxygen atoms in total. The Labute approximate surface area is 113 Å². The molecule has 0 aliphatic carbocycles. The van der Waals surface area contributed by atoms with Crippen molar-refractivity contribution < 1.29 is 13.5 Å². The Kier molecular flexibility index (Phi) is 3.98. The highest BCUT2D eigenvalue weighted by Gasteiger charge is 2.06. The number of hydrogen-bond donors (Lipinski definition) is 0. The number of nitrogens with zero attached hydrogens (tertiary/aromatic N) is 1. The van der Waals surface area contributed by atoms with Crippen LogP contribution < -0.4 is 4.74 Å². The molecule has 2 aromatic carbocycles. The zero-order valence-corrected chi connectivity index (χ0v) is 10.4. The lowest BCUT2D eigenvalue weighted by atomic mass is 10.2. The van der Waals surface area contributed by atoms with Crippen molar-refractivity contribution in [1.82, 2.24) is 0 Å². The Morgan fingerprint density at radius 2 is 1.89 bits per heavy atom. The first-order valence-electron chi connectivity index (χ1n) is 5.35. The molecule has 19 heavy (non-hydrogen) atoms. The lowest BCUT2D eigenvalue weighted by Crippen LogP contribution is -1.90. The molecule has 0 fully saturated rings. The summed E-state index contributed by atoms with van der Waals surface area (Å²) < 4.78 is 32.0. The Morgan fingerprint density at radius 1 is 1.11 bits per heavy atom. The monoisotopic (exact) mass is 279 g/mol. The summed E-state index contributed by atoms with van der Waals surface area (Å²) in [4.78, 5) is 0. The summed E-state index contributed by atoms with van der Waals surface area (Å²) in [6.45, 7) is 0. The van der Waals surface area contributed by atoms with E-state index in [-0.39, 0.29) is 22.9 Å². The van der Waals surface area contributed by atoms with Crippen molar-refractivity contribution in [2.75, 3.05) is 0 Å². The predicted octanol–water partition coefficient (Wildman–Crippen LogP) is 4.37. The molecule has 0 aromatic heterocycles. The number of hydrogen-bond acceptors (Lipinski definition) is 2. The third-order valence-corrected chi connectivity index (χ3v) is 2.69. The predicted molar refractivity (Wildman–Crippen MR) is 67.1 cm³/mol. The second-order valence-electron chi connectivity index (χ2n) is 3.78. The first-order chi connectivity index (χ1) is 9.12. The minimum Gasteiger partial charge on any atom is -0.457 e. The number of nitriles is 1. The average molecular weight is 280 g/mol. The third kappa shape index (κ3) is 3.21. The minimum atomic E-state index is -0.686. The first kappa shape index (κ1) is 13.3. The fourth-order valence-corrected chi connectivity index (χ4v) is 1.70. The van der Waals surface area contributed by atoms with Crippen LogP contribution in [0.15, 0.2) is 36.4 Å². The molecule has 2 aromatic rings. The van der Waals surface area contributed by atoms with Crippen LogP contribution in [0.1, 0.15) is 11.1 Å². The molecule has 5 heteroatoms. The fraction of sp³-hybridized carbons (Fsp3) is 0.0714. The SMILES string of the molecule is N#Cc1ccc(Oc2cc(F)cc(CCl)c2)cc1F. The van der Waals surface area contributed by atoms with Crippen molar-refractivity contribution in [3.8, 4) is 17.6 Å². The Morgan fingerprint density at radius 3 is 2.53 bits per heavy atom. The third-order valence-electron chi connectivity index (χ3n) is 2.38. The van der Waals surface area contributed by atoms with Gasteiger partial charge in [0.1, 0.15) is 29.2 Å². The minimum absolute atomic E-state index is 0.0759. The quantitative estimate of drug-likeness (QED) is 0.782. The Balaban J connectivity index is 2.28. The standard InChI is InChI=1S/C14H8ClF2NO/c15-7-9-3-11(16)5-13(4-9)19-12-2-1-10(8-18)14(17)6-12/h1-6H,7H2. The molecule has 0 bridgehead atoms. The van der Waals surface area contributed by atoms with E-state index in [1.165, 1.54) is 24.3 Å². The summed E-state index contributed by atoms with van der Waals surface area (Å²) in [5, 5.41) is 8.61. The van der Waals surface area contributed by atoms with Gasteiger partial charge in [0.2, 0.25) is 0 Å². The number of rotatable bonds is 3. The van der Waals surface area contributed by atoms with Crippen LogP contribution in [-0.4, -0.2) is 0 Å². The van der Waals surface area contributed by atoms with Gasteiger partial charge in [-0.1, -0.05) is 0 Å². The molecule has 96 valence electrons. The van der Waals surface area contributed by atoms with Gasteiger partial charge < -0.3 is 4.74 Å². The van der Waals surface area contributed by atoms with Gasteiger partial charge in [0.15, 0.2) is 0 Å². The molecule has 0 radical (unpaired) electrons. The normalized spacial score (nSPS) is 10.0. The van der Waals surface area contributed by atoms with Crippen LogP contribution in [0.5, 0.6) is 11.5 Å². The Bertz CT molecular complexity index is 652. The summed E-state index contributed by atoms with van der Waals surface area (Å²) >= 11 is 5.62. The van der Waals surface area contributed by atoms with Gasteiger partial charge in [-0.3, -0.25) is 0 Å². The largest absolute Gasteiger partial charge is 0.457 e. The van der Waals surface area contributed by atoms with Crippen LogP contribution in [-0.2, 0) is 5.88 Å². The highest BCUT2D eigenvalue weighted by atomic mass is 35.5.